The Labute approximate surface area is 134 Å². The smallest absolute Gasteiger partial charge is 0.415 e. The Morgan fingerprint density at radius 1 is 1.32 bits per heavy atom. The molecule has 0 spiro atoms. The maximum atomic E-state index is 13.7. The molecule has 1 aromatic rings. The largest absolute Gasteiger partial charge is 0.445 e. The molecule has 1 aliphatic rings. The van der Waals surface area contributed by atoms with E-state index in [-0.39, 0.29) is 16.0 Å². The molecule has 0 aromatic heterocycles. The Kier molecular flexibility index (Phi) is 4.50. The highest BCUT2D eigenvalue weighted by Crippen LogP contribution is 2.45. The van der Waals surface area contributed by atoms with Gasteiger partial charge in [0.05, 0.1) is 0 Å². The fourth-order valence-corrected chi connectivity index (χ4v) is 2.20. The van der Waals surface area contributed by atoms with Crippen LogP contribution < -0.4 is 5.73 Å². The first-order valence-corrected chi connectivity index (χ1v) is 6.95. The summed E-state index contributed by atoms with van der Waals surface area (Å²) in [6.45, 7) is 0. The summed E-state index contributed by atoms with van der Waals surface area (Å²) in [7, 11) is 0. The van der Waals surface area contributed by atoms with Crippen LogP contribution >= 0.6 is 23.2 Å². The first-order chi connectivity index (χ1) is 10.2. The number of halogens is 5. The topological polar surface area (TPSA) is 52.3 Å². The molecule has 0 saturated heterocycles. The van der Waals surface area contributed by atoms with Crippen molar-refractivity contribution in [3.63, 3.8) is 0 Å². The van der Waals surface area contributed by atoms with Gasteiger partial charge in [-0.2, -0.15) is 13.2 Å². The van der Waals surface area contributed by atoms with E-state index in [9.17, 15) is 18.0 Å². The molecule has 1 atom stereocenters. The van der Waals surface area contributed by atoms with Gasteiger partial charge in [0.2, 0.25) is 0 Å². The number of ether oxygens (including phenoxy) is 1. The molecular weight excluding hydrogens is 342 g/mol. The number of carbonyl (C=O) groups excluding carboxylic acids is 1. The van der Waals surface area contributed by atoms with E-state index in [2.05, 4.69) is 10.7 Å². The molecular formula is C14H10Cl2F3NO2. The van der Waals surface area contributed by atoms with E-state index >= 15 is 0 Å². The van der Waals surface area contributed by atoms with Gasteiger partial charge >= 0.3 is 12.3 Å². The highest BCUT2D eigenvalue weighted by atomic mass is 35.5. The van der Waals surface area contributed by atoms with Crippen LogP contribution in [0.15, 0.2) is 18.2 Å². The molecule has 2 rings (SSSR count). The summed E-state index contributed by atoms with van der Waals surface area (Å²) < 4.78 is 45.4. The lowest BCUT2D eigenvalue weighted by Gasteiger charge is -2.31. The molecule has 8 heteroatoms. The van der Waals surface area contributed by atoms with Crippen molar-refractivity contribution >= 4 is 29.3 Å². The molecule has 22 heavy (non-hydrogen) atoms. The van der Waals surface area contributed by atoms with Gasteiger partial charge in [-0.3, -0.25) is 0 Å². The minimum atomic E-state index is -5.04. The third-order valence-electron chi connectivity index (χ3n) is 2.99. The van der Waals surface area contributed by atoms with E-state index in [1.54, 1.807) is 0 Å². The van der Waals surface area contributed by atoms with Crippen LogP contribution in [0.5, 0.6) is 0 Å². The zero-order valence-electron chi connectivity index (χ0n) is 11.0. The molecule has 0 aliphatic heterocycles. The maximum Gasteiger partial charge on any atom is 0.445 e. The molecule has 0 bridgehead atoms. The van der Waals surface area contributed by atoms with Crippen molar-refractivity contribution in [3.8, 4) is 11.8 Å². The van der Waals surface area contributed by atoms with E-state index in [1.165, 1.54) is 12.1 Å². The average Bonchev–Trinajstić information content (AvgIpc) is 3.19. The quantitative estimate of drug-likeness (QED) is 0.809. The number of benzene rings is 1. The van der Waals surface area contributed by atoms with Crippen LogP contribution in [0.25, 0.3) is 0 Å². The summed E-state index contributed by atoms with van der Waals surface area (Å²) in [5.74, 6) is 4.30. The number of rotatable bonds is 2. The van der Waals surface area contributed by atoms with E-state index < -0.39 is 23.4 Å². The molecule has 1 fully saturated rings. The minimum Gasteiger partial charge on any atom is -0.415 e. The Hall–Kier alpha value is -1.58. The zero-order chi connectivity index (χ0) is 16.5. The van der Waals surface area contributed by atoms with Gasteiger partial charge in [0.1, 0.15) is 0 Å². The lowest BCUT2D eigenvalue weighted by Crippen LogP contribution is -2.46. The van der Waals surface area contributed by atoms with Crippen LogP contribution in [-0.2, 0) is 10.3 Å². The van der Waals surface area contributed by atoms with E-state index in [4.69, 9.17) is 28.9 Å². The second-order valence-electron chi connectivity index (χ2n) is 4.77. The van der Waals surface area contributed by atoms with Crippen molar-refractivity contribution in [2.75, 3.05) is 0 Å². The summed E-state index contributed by atoms with van der Waals surface area (Å²) in [6, 6.07) is 3.44. The van der Waals surface area contributed by atoms with Crippen molar-refractivity contribution in [2.45, 2.75) is 24.6 Å². The summed E-state index contributed by atoms with van der Waals surface area (Å²) in [6.07, 6.45) is -5.27. The number of primary amides is 1. The maximum absolute atomic E-state index is 13.7. The minimum absolute atomic E-state index is 0.00526. The van der Waals surface area contributed by atoms with Gasteiger partial charge in [0.25, 0.3) is 5.60 Å². The summed E-state index contributed by atoms with van der Waals surface area (Å²) >= 11 is 11.6. The van der Waals surface area contributed by atoms with E-state index in [1.807, 2.05) is 5.92 Å². The summed E-state index contributed by atoms with van der Waals surface area (Å²) in [4.78, 5) is 11.0. The molecule has 1 amide bonds. The molecule has 1 aromatic carbocycles. The van der Waals surface area contributed by atoms with Crippen LogP contribution in [0, 0.1) is 17.8 Å². The van der Waals surface area contributed by atoms with Crippen LogP contribution in [-0.4, -0.2) is 12.3 Å². The number of carbonyl (C=O) groups is 1. The van der Waals surface area contributed by atoms with Crippen LogP contribution in [0.4, 0.5) is 18.0 Å². The molecule has 1 unspecified atom stereocenters. The first-order valence-electron chi connectivity index (χ1n) is 6.19. The van der Waals surface area contributed by atoms with Crippen LogP contribution in [0.1, 0.15) is 18.4 Å². The predicted molar refractivity (Wildman–Crippen MR) is 75.4 cm³/mol. The highest BCUT2D eigenvalue weighted by molar-refractivity contribution is 6.33. The Morgan fingerprint density at radius 3 is 2.45 bits per heavy atom. The van der Waals surface area contributed by atoms with Gasteiger partial charge in [-0.25, -0.2) is 4.79 Å². The van der Waals surface area contributed by atoms with Gasteiger partial charge in [-0.05, 0) is 37.0 Å². The van der Waals surface area contributed by atoms with E-state index in [0.29, 0.717) is 12.8 Å². The number of nitrogens with two attached hydrogens (primary N) is 1. The van der Waals surface area contributed by atoms with Crippen molar-refractivity contribution < 1.29 is 22.7 Å². The lowest BCUT2D eigenvalue weighted by molar-refractivity contribution is -0.238. The van der Waals surface area contributed by atoms with Gasteiger partial charge in [-0.1, -0.05) is 29.1 Å². The Balaban J connectivity index is 2.68. The van der Waals surface area contributed by atoms with Gasteiger partial charge in [0, 0.05) is 21.5 Å². The van der Waals surface area contributed by atoms with Crippen molar-refractivity contribution in [2.24, 2.45) is 11.7 Å². The third-order valence-corrected chi connectivity index (χ3v) is 3.55. The van der Waals surface area contributed by atoms with Crippen LogP contribution in [0.3, 0.4) is 0 Å². The molecule has 0 heterocycles. The number of amides is 1. The molecule has 0 radical (unpaired) electrons. The average molecular weight is 352 g/mol. The number of hydrogen-bond donors (Lipinski definition) is 1. The molecule has 2 N–H and O–H groups in total. The molecule has 1 aliphatic carbocycles. The number of hydrogen-bond acceptors (Lipinski definition) is 2. The van der Waals surface area contributed by atoms with Crippen molar-refractivity contribution in [1.29, 1.82) is 0 Å². The third kappa shape index (κ3) is 3.42. The fraction of sp³-hybridized carbons (Fsp3) is 0.357. The molecule has 3 nitrogen and oxygen atoms in total. The lowest BCUT2D eigenvalue weighted by atomic mass is 9.92. The second-order valence-corrected chi connectivity index (χ2v) is 5.61. The van der Waals surface area contributed by atoms with Gasteiger partial charge in [0.15, 0.2) is 0 Å². The summed E-state index contributed by atoms with van der Waals surface area (Å²) in [5, 5.41) is -0.289. The monoisotopic (exact) mass is 351 g/mol. The Bertz CT molecular complexity index is 662. The van der Waals surface area contributed by atoms with E-state index in [0.717, 1.165) is 6.07 Å². The predicted octanol–water partition coefficient (Wildman–Crippen LogP) is 4.26. The summed E-state index contributed by atoms with van der Waals surface area (Å²) in [5.41, 5.74) is 1.00. The molecule has 118 valence electrons. The fourth-order valence-electron chi connectivity index (χ4n) is 1.78. The zero-order valence-corrected chi connectivity index (χ0v) is 12.5. The first kappa shape index (κ1) is 16.8. The number of alkyl halides is 3. The van der Waals surface area contributed by atoms with Gasteiger partial charge < -0.3 is 10.5 Å². The Morgan fingerprint density at radius 2 is 1.95 bits per heavy atom. The van der Waals surface area contributed by atoms with Crippen molar-refractivity contribution in [1.82, 2.24) is 0 Å². The normalized spacial score (nSPS) is 17.1. The van der Waals surface area contributed by atoms with Gasteiger partial charge in [-0.15, -0.1) is 0 Å². The second kappa shape index (κ2) is 5.90. The highest BCUT2D eigenvalue weighted by Gasteiger charge is 2.60. The standard InChI is InChI=1S/C14H10Cl2F3NO2/c15-9-3-4-11(16)10(7-9)13(14(17,18)19,22-12(20)21)6-5-8-1-2-8/h3-4,7-8H,1-2H2,(H2,20,21). The van der Waals surface area contributed by atoms with Crippen molar-refractivity contribution in [3.05, 3.63) is 33.8 Å². The SMILES string of the molecule is NC(=O)OC(C#CC1CC1)(c1cc(Cl)ccc1Cl)C(F)(F)F. The molecule has 1 saturated carbocycles. The van der Waals surface area contributed by atoms with Crippen LogP contribution in [0.2, 0.25) is 10.0 Å².